The molecule has 0 amide bonds. The number of unbranched alkanes of at least 4 members (excludes halogenated alkanes) is 22. The average Bonchev–Trinajstić information content (AvgIpc) is 3.00. The highest BCUT2D eigenvalue weighted by Crippen LogP contribution is 2.12. The Hall–Kier alpha value is -1.58. The zero-order valence-corrected chi connectivity index (χ0v) is 28.7. The van der Waals surface area contributed by atoms with Crippen LogP contribution in [-0.4, -0.2) is 25.2 Å². The summed E-state index contributed by atoms with van der Waals surface area (Å²) in [5, 5.41) is 0. The standard InChI is InChI=1S/C39H71O4/c1-3-5-7-9-11-13-15-17-19-21-23-25-27-29-31-34-38(40)42-36-33-37-43-39(41)35-32-30-28-26-24-22-20-18-16-14-12-10-8-6-4-2/h17-20,33H,3-16,21-32,34-37H2,1-2H3/b19-17-,20-18-. The predicted molar refractivity (Wildman–Crippen MR) is 185 cm³/mol. The predicted octanol–water partition coefficient (Wildman–Crippen LogP) is 12.4. The van der Waals surface area contributed by atoms with Crippen molar-refractivity contribution in [3.63, 3.8) is 0 Å². The van der Waals surface area contributed by atoms with Crippen LogP contribution >= 0.6 is 0 Å². The van der Waals surface area contributed by atoms with E-state index >= 15 is 0 Å². The first-order valence-corrected chi connectivity index (χ1v) is 18.6. The average molecular weight is 604 g/mol. The van der Waals surface area contributed by atoms with E-state index in [1.807, 2.05) is 0 Å². The Morgan fingerprint density at radius 3 is 1.00 bits per heavy atom. The van der Waals surface area contributed by atoms with E-state index in [9.17, 15) is 9.59 Å². The summed E-state index contributed by atoms with van der Waals surface area (Å²) in [5.74, 6) is -0.318. The van der Waals surface area contributed by atoms with Crippen LogP contribution < -0.4 is 0 Å². The normalized spacial score (nSPS) is 11.6. The second-order valence-electron chi connectivity index (χ2n) is 12.3. The maximum Gasteiger partial charge on any atom is 0.305 e. The van der Waals surface area contributed by atoms with Gasteiger partial charge in [0.05, 0.1) is 13.2 Å². The molecule has 0 aromatic carbocycles. The molecule has 0 rings (SSSR count). The topological polar surface area (TPSA) is 52.6 Å². The summed E-state index contributed by atoms with van der Waals surface area (Å²) in [6, 6.07) is 0. The van der Waals surface area contributed by atoms with Gasteiger partial charge >= 0.3 is 11.9 Å². The monoisotopic (exact) mass is 604 g/mol. The smallest absolute Gasteiger partial charge is 0.305 e. The van der Waals surface area contributed by atoms with Crippen LogP contribution in [0.2, 0.25) is 0 Å². The minimum absolute atomic E-state index is 0.159. The maximum absolute atomic E-state index is 11.9. The number of esters is 2. The van der Waals surface area contributed by atoms with Crippen LogP contribution in [0.3, 0.4) is 0 Å². The zero-order valence-electron chi connectivity index (χ0n) is 28.7. The highest BCUT2D eigenvalue weighted by molar-refractivity contribution is 5.69. The quantitative estimate of drug-likeness (QED) is 0.0417. The molecule has 0 heterocycles. The molecule has 0 fully saturated rings. The molecule has 1 radical (unpaired) electrons. The van der Waals surface area contributed by atoms with Crippen molar-refractivity contribution in [3.8, 4) is 0 Å². The Bertz CT molecular complexity index is 585. The molecule has 0 atom stereocenters. The van der Waals surface area contributed by atoms with Crippen LogP contribution in [-0.2, 0) is 19.1 Å². The van der Waals surface area contributed by atoms with Crippen LogP contribution in [0.1, 0.15) is 194 Å². The van der Waals surface area contributed by atoms with Crippen molar-refractivity contribution >= 4 is 11.9 Å². The van der Waals surface area contributed by atoms with E-state index in [1.54, 1.807) is 6.42 Å². The SMILES string of the molecule is CCCCCCCC/C=C\CCCCCCCC(=O)OC[CH]COC(=O)CCCCCCC/C=C\CCCCCCCC. The fourth-order valence-electron chi connectivity index (χ4n) is 5.18. The van der Waals surface area contributed by atoms with Gasteiger partial charge in [-0.15, -0.1) is 0 Å². The summed E-state index contributed by atoms with van der Waals surface area (Å²) in [4.78, 5) is 23.8. The molecule has 0 unspecified atom stereocenters. The second-order valence-corrected chi connectivity index (χ2v) is 12.3. The molecular weight excluding hydrogens is 532 g/mol. The molecule has 0 aromatic rings. The van der Waals surface area contributed by atoms with Gasteiger partial charge in [-0.3, -0.25) is 9.59 Å². The summed E-state index contributed by atoms with van der Waals surface area (Å²) >= 11 is 0. The van der Waals surface area contributed by atoms with E-state index in [2.05, 4.69) is 38.2 Å². The Kier molecular flexibility index (Phi) is 35.3. The molecule has 0 N–H and O–H groups in total. The molecule has 0 bridgehead atoms. The molecule has 0 spiro atoms. The van der Waals surface area contributed by atoms with Gasteiger partial charge in [-0.2, -0.15) is 0 Å². The van der Waals surface area contributed by atoms with Gasteiger partial charge in [0.25, 0.3) is 0 Å². The third-order valence-electron chi connectivity index (χ3n) is 8.01. The number of hydrogen-bond acceptors (Lipinski definition) is 4. The van der Waals surface area contributed by atoms with Gasteiger partial charge in [-0.05, 0) is 64.2 Å². The van der Waals surface area contributed by atoms with Crippen molar-refractivity contribution in [2.75, 3.05) is 13.2 Å². The first kappa shape index (κ1) is 41.4. The number of allylic oxidation sites excluding steroid dienone is 4. The molecule has 4 nitrogen and oxygen atoms in total. The summed E-state index contributed by atoms with van der Waals surface area (Å²) < 4.78 is 10.5. The third kappa shape index (κ3) is 36.5. The lowest BCUT2D eigenvalue weighted by Gasteiger charge is -2.06. The van der Waals surface area contributed by atoms with Crippen molar-refractivity contribution in [3.05, 3.63) is 30.7 Å². The summed E-state index contributed by atoms with van der Waals surface area (Å²) in [5.41, 5.74) is 0. The lowest BCUT2D eigenvalue weighted by Crippen LogP contribution is -2.11. The third-order valence-corrected chi connectivity index (χ3v) is 8.01. The van der Waals surface area contributed by atoms with Crippen LogP contribution in [0.15, 0.2) is 24.3 Å². The van der Waals surface area contributed by atoms with Crippen molar-refractivity contribution in [1.29, 1.82) is 0 Å². The fourth-order valence-corrected chi connectivity index (χ4v) is 5.18. The minimum atomic E-state index is -0.159. The molecule has 0 aliphatic heterocycles. The maximum atomic E-state index is 11.9. The van der Waals surface area contributed by atoms with E-state index in [1.165, 1.54) is 141 Å². The Balaban J connectivity index is 3.33. The first-order valence-electron chi connectivity index (χ1n) is 18.6. The lowest BCUT2D eigenvalue weighted by molar-refractivity contribution is -0.144. The van der Waals surface area contributed by atoms with E-state index in [0.29, 0.717) is 12.8 Å². The van der Waals surface area contributed by atoms with Crippen LogP contribution in [0.25, 0.3) is 0 Å². The van der Waals surface area contributed by atoms with E-state index in [0.717, 1.165) is 25.7 Å². The Labute approximate surface area is 268 Å². The van der Waals surface area contributed by atoms with Gasteiger partial charge in [-0.1, -0.05) is 141 Å². The molecule has 0 saturated carbocycles. The largest absolute Gasteiger partial charge is 0.465 e. The van der Waals surface area contributed by atoms with Crippen molar-refractivity contribution in [1.82, 2.24) is 0 Å². The van der Waals surface area contributed by atoms with Crippen molar-refractivity contribution < 1.29 is 19.1 Å². The lowest BCUT2D eigenvalue weighted by atomic mass is 10.1. The molecule has 0 aromatic heterocycles. The highest BCUT2D eigenvalue weighted by Gasteiger charge is 2.05. The minimum Gasteiger partial charge on any atom is -0.465 e. The van der Waals surface area contributed by atoms with E-state index in [4.69, 9.17) is 9.47 Å². The van der Waals surface area contributed by atoms with Gasteiger partial charge in [-0.25, -0.2) is 0 Å². The van der Waals surface area contributed by atoms with Crippen molar-refractivity contribution in [2.45, 2.75) is 194 Å². The van der Waals surface area contributed by atoms with Gasteiger partial charge in [0.15, 0.2) is 0 Å². The van der Waals surface area contributed by atoms with Crippen molar-refractivity contribution in [2.24, 2.45) is 0 Å². The van der Waals surface area contributed by atoms with E-state index < -0.39 is 0 Å². The Morgan fingerprint density at radius 2 is 0.674 bits per heavy atom. The fraction of sp³-hybridized carbons (Fsp3) is 0.821. The molecule has 0 aliphatic rings. The number of ether oxygens (including phenoxy) is 2. The summed E-state index contributed by atoms with van der Waals surface area (Å²) in [6.07, 6.45) is 44.5. The summed E-state index contributed by atoms with van der Waals surface area (Å²) in [7, 11) is 0. The molecule has 4 heteroatoms. The Morgan fingerprint density at radius 1 is 0.395 bits per heavy atom. The molecule has 43 heavy (non-hydrogen) atoms. The summed E-state index contributed by atoms with van der Waals surface area (Å²) in [6.45, 7) is 4.96. The van der Waals surface area contributed by atoms with Gasteiger partial charge in [0.1, 0.15) is 0 Å². The zero-order chi connectivity index (χ0) is 31.3. The van der Waals surface area contributed by atoms with Gasteiger partial charge < -0.3 is 9.47 Å². The number of carbonyl (C=O) groups excluding carboxylic acids is 2. The molecule has 251 valence electrons. The molecule has 0 aliphatic carbocycles. The molecular formula is C39H71O4. The van der Waals surface area contributed by atoms with Crippen LogP contribution in [0, 0.1) is 6.42 Å². The second kappa shape index (κ2) is 36.6. The number of carbonyl (C=O) groups is 2. The first-order chi connectivity index (χ1) is 21.2. The van der Waals surface area contributed by atoms with Gasteiger partial charge in [0.2, 0.25) is 0 Å². The van der Waals surface area contributed by atoms with Gasteiger partial charge in [0, 0.05) is 19.3 Å². The highest BCUT2D eigenvalue weighted by atomic mass is 16.5. The van der Waals surface area contributed by atoms with Crippen LogP contribution in [0.5, 0.6) is 0 Å². The number of rotatable bonds is 34. The van der Waals surface area contributed by atoms with Crippen LogP contribution in [0.4, 0.5) is 0 Å². The van der Waals surface area contributed by atoms with E-state index in [-0.39, 0.29) is 25.2 Å². The number of hydrogen-bond donors (Lipinski definition) is 0. The molecule has 0 saturated heterocycles.